The molecule has 1 N–H and O–H groups in total. The molecule has 0 spiro atoms. The van der Waals surface area contributed by atoms with Crippen molar-refractivity contribution in [3.05, 3.63) is 22.7 Å². The molecule has 1 aliphatic carbocycles. The zero-order valence-electron chi connectivity index (χ0n) is 11.6. The Bertz CT molecular complexity index is 581. The van der Waals surface area contributed by atoms with Gasteiger partial charge >= 0.3 is 0 Å². The minimum absolute atomic E-state index is 0.723. The van der Waals surface area contributed by atoms with Crippen molar-refractivity contribution in [2.45, 2.75) is 39.5 Å². The summed E-state index contributed by atoms with van der Waals surface area (Å²) >= 11 is 0. The predicted octanol–water partition coefficient (Wildman–Crippen LogP) is 2.67. The molecule has 3 rings (SSSR count). The Morgan fingerprint density at radius 3 is 2.58 bits per heavy atom. The molecule has 2 aromatic rings. The summed E-state index contributed by atoms with van der Waals surface area (Å²) in [5.74, 6) is 2.44. The molecule has 0 fully saturated rings. The molecule has 1 aliphatic rings. The van der Waals surface area contributed by atoms with Crippen molar-refractivity contribution >= 4 is 5.82 Å². The van der Waals surface area contributed by atoms with E-state index in [-0.39, 0.29) is 0 Å². The van der Waals surface area contributed by atoms with Crippen LogP contribution in [-0.2, 0) is 12.8 Å². The second-order valence-corrected chi connectivity index (χ2v) is 4.98. The molecule has 5 heteroatoms. The molecule has 0 radical (unpaired) electrons. The van der Waals surface area contributed by atoms with E-state index in [0.29, 0.717) is 0 Å². The molecule has 100 valence electrons. The third-order valence-corrected chi connectivity index (χ3v) is 3.68. The number of aryl methyl sites for hydroxylation is 3. The number of aromatic nitrogens is 3. The Labute approximate surface area is 112 Å². The normalized spacial score (nSPS) is 14.3. The largest absolute Gasteiger partial charge is 0.373 e. The van der Waals surface area contributed by atoms with Gasteiger partial charge in [-0.2, -0.15) is 0 Å². The molecule has 19 heavy (non-hydrogen) atoms. The van der Waals surface area contributed by atoms with E-state index in [1.165, 1.54) is 24.1 Å². The third kappa shape index (κ3) is 1.99. The third-order valence-electron chi connectivity index (χ3n) is 3.68. The van der Waals surface area contributed by atoms with Crippen LogP contribution in [0.2, 0.25) is 0 Å². The lowest BCUT2D eigenvalue weighted by Crippen LogP contribution is -2.12. The van der Waals surface area contributed by atoms with Gasteiger partial charge in [-0.15, -0.1) is 0 Å². The van der Waals surface area contributed by atoms with Crippen LogP contribution in [0.5, 0.6) is 0 Å². The topological polar surface area (TPSA) is 63.8 Å². The van der Waals surface area contributed by atoms with Gasteiger partial charge in [-0.05, 0) is 39.5 Å². The molecule has 0 saturated heterocycles. The number of nitrogens with one attached hydrogen (secondary N) is 1. The average molecular weight is 258 g/mol. The number of hydrogen-bond donors (Lipinski definition) is 1. The molecule has 2 heterocycles. The highest BCUT2D eigenvalue weighted by Gasteiger charge is 2.21. The lowest BCUT2D eigenvalue weighted by Gasteiger charge is -2.18. The smallest absolute Gasteiger partial charge is 0.167 e. The number of nitrogens with zero attached hydrogens (tertiary/aromatic N) is 3. The molecule has 0 aliphatic heterocycles. The quantitative estimate of drug-likeness (QED) is 0.897. The van der Waals surface area contributed by atoms with Gasteiger partial charge in [0.05, 0.1) is 11.3 Å². The second-order valence-electron chi connectivity index (χ2n) is 4.98. The molecule has 5 nitrogen and oxygen atoms in total. The van der Waals surface area contributed by atoms with Crippen LogP contribution < -0.4 is 5.32 Å². The second kappa shape index (κ2) is 4.64. The SMILES string of the molecule is CNc1nc(-c2c(C)noc2C)nc2c1CCCC2. The first-order valence-corrected chi connectivity index (χ1v) is 6.71. The van der Waals surface area contributed by atoms with Crippen molar-refractivity contribution in [1.29, 1.82) is 0 Å². The summed E-state index contributed by atoms with van der Waals surface area (Å²) in [6, 6.07) is 0. The highest BCUT2D eigenvalue weighted by atomic mass is 16.5. The molecule has 2 aromatic heterocycles. The molecular formula is C14H18N4O. The number of hydrogen-bond acceptors (Lipinski definition) is 5. The predicted molar refractivity (Wildman–Crippen MR) is 73.2 cm³/mol. The summed E-state index contributed by atoms with van der Waals surface area (Å²) in [7, 11) is 1.91. The van der Waals surface area contributed by atoms with Crippen molar-refractivity contribution < 1.29 is 4.52 Å². The first-order chi connectivity index (χ1) is 9.20. The van der Waals surface area contributed by atoms with Crippen LogP contribution in [-0.4, -0.2) is 22.2 Å². The first-order valence-electron chi connectivity index (χ1n) is 6.71. The summed E-state index contributed by atoms with van der Waals surface area (Å²) in [4.78, 5) is 9.38. The lowest BCUT2D eigenvalue weighted by molar-refractivity contribution is 0.393. The standard InChI is InChI=1S/C14H18N4O/c1-8-12(9(2)19-18-8)14-16-11-7-5-4-6-10(11)13(15-3)17-14/h4-7H2,1-3H3,(H,15,16,17). The maximum Gasteiger partial charge on any atom is 0.167 e. The van der Waals surface area contributed by atoms with E-state index >= 15 is 0 Å². The van der Waals surface area contributed by atoms with Crippen LogP contribution in [0.3, 0.4) is 0 Å². The molecule has 0 amide bonds. The Morgan fingerprint density at radius 1 is 1.11 bits per heavy atom. The Balaban J connectivity index is 2.18. The highest BCUT2D eigenvalue weighted by Crippen LogP contribution is 2.30. The minimum Gasteiger partial charge on any atom is -0.373 e. The van der Waals surface area contributed by atoms with Gasteiger partial charge in [0.25, 0.3) is 0 Å². The van der Waals surface area contributed by atoms with Crippen molar-refractivity contribution in [2.24, 2.45) is 0 Å². The maximum atomic E-state index is 5.22. The van der Waals surface area contributed by atoms with E-state index in [1.54, 1.807) is 0 Å². The fourth-order valence-electron chi connectivity index (χ4n) is 2.71. The van der Waals surface area contributed by atoms with E-state index in [0.717, 1.165) is 41.5 Å². The van der Waals surface area contributed by atoms with Crippen LogP contribution >= 0.6 is 0 Å². The molecule has 0 bridgehead atoms. The van der Waals surface area contributed by atoms with Gasteiger partial charge in [-0.3, -0.25) is 0 Å². The van der Waals surface area contributed by atoms with Gasteiger partial charge in [-0.1, -0.05) is 5.16 Å². The van der Waals surface area contributed by atoms with Gasteiger partial charge < -0.3 is 9.84 Å². The Morgan fingerprint density at radius 2 is 1.89 bits per heavy atom. The first kappa shape index (κ1) is 12.1. The molecule has 0 saturated carbocycles. The van der Waals surface area contributed by atoms with Gasteiger partial charge in [0.1, 0.15) is 11.6 Å². The number of anilines is 1. The maximum absolute atomic E-state index is 5.22. The van der Waals surface area contributed by atoms with Gasteiger partial charge in [0.2, 0.25) is 0 Å². The fourth-order valence-corrected chi connectivity index (χ4v) is 2.71. The van der Waals surface area contributed by atoms with Gasteiger partial charge in [0, 0.05) is 18.3 Å². The molecule has 0 atom stereocenters. The summed E-state index contributed by atoms with van der Waals surface area (Å²) in [6.45, 7) is 3.82. The van der Waals surface area contributed by atoms with Crippen molar-refractivity contribution in [3.63, 3.8) is 0 Å². The van der Waals surface area contributed by atoms with Crippen molar-refractivity contribution in [1.82, 2.24) is 15.1 Å². The van der Waals surface area contributed by atoms with Crippen LogP contribution in [0.1, 0.15) is 35.6 Å². The number of rotatable bonds is 2. The van der Waals surface area contributed by atoms with E-state index in [2.05, 4.69) is 15.5 Å². The molecular weight excluding hydrogens is 240 g/mol. The monoisotopic (exact) mass is 258 g/mol. The molecule has 0 aromatic carbocycles. The summed E-state index contributed by atoms with van der Waals surface area (Å²) in [6.07, 6.45) is 4.51. The van der Waals surface area contributed by atoms with Crippen LogP contribution in [0.4, 0.5) is 5.82 Å². The average Bonchev–Trinajstić information content (AvgIpc) is 2.77. The van der Waals surface area contributed by atoms with Crippen LogP contribution in [0.25, 0.3) is 11.4 Å². The van der Waals surface area contributed by atoms with Gasteiger partial charge in [0.15, 0.2) is 5.82 Å². The fraction of sp³-hybridized carbons (Fsp3) is 0.500. The zero-order valence-corrected chi connectivity index (χ0v) is 11.6. The summed E-state index contributed by atoms with van der Waals surface area (Å²) in [5, 5.41) is 7.18. The van der Waals surface area contributed by atoms with Crippen LogP contribution in [0, 0.1) is 13.8 Å². The zero-order chi connectivity index (χ0) is 13.4. The summed E-state index contributed by atoms with van der Waals surface area (Å²) in [5.41, 5.74) is 4.20. The van der Waals surface area contributed by atoms with E-state index in [1.807, 2.05) is 20.9 Å². The minimum atomic E-state index is 0.723. The Kier molecular flexibility index (Phi) is 2.97. The lowest BCUT2D eigenvalue weighted by atomic mass is 9.96. The van der Waals surface area contributed by atoms with E-state index in [9.17, 15) is 0 Å². The molecule has 0 unspecified atom stereocenters. The van der Waals surface area contributed by atoms with Crippen LogP contribution in [0.15, 0.2) is 4.52 Å². The van der Waals surface area contributed by atoms with Gasteiger partial charge in [-0.25, -0.2) is 9.97 Å². The van der Waals surface area contributed by atoms with E-state index in [4.69, 9.17) is 9.51 Å². The van der Waals surface area contributed by atoms with Crippen molar-refractivity contribution in [2.75, 3.05) is 12.4 Å². The van der Waals surface area contributed by atoms with E-state index < -0.39 is 0 Å². The summed E-state index contributed by atoms with van der Waals surface area (Å²) < 4.78 is 5.22. The highest BCUT2D eigenvalue weighted by molar-refractivity contribution is 5.63. The Hall–Kier alpha value is -1.91. The number of fused-ring (bicyclic) bond motifs is 1. The van der Waals surface area contributed by atoms with Crippen molar-refractivity contribution in [3.8, 4) is 11.4 Å².